The molecule has 106 valence electrons. The molecule has 0 saturated heterocycles. The van der Waals surface area contributed by atoms with Crippen LogP contribution in [0, 0.1) is 5.41 Å². The number of allylic oxidation sites excluding steroid dienone is 1. The number of hydrogen-bond acceptors (Lipinski definition) is 2. The molecule has 0 saturated carbocycles. The number of hydrogen-bond donors (Lipinski definition) is 2. The van der Waals surface area contributed by atoms with Gasteiger partial charge in [-0.05, 0) is 30.5 Å². The SMILES string of the molecule is CCCCCC/C=C/c1cccc2sc(C(=N)N)cc12. The Morgan fingerprint density at radius 1 is 1.30 bits per heavy atom. The second-order valence-electron chi connectivity index (χ2n) is 5.04. The topological polar surface area (TPSA) is 49.9 Å². The van der Waals surface area contributed by atoms with E-state index < -0.39 is 0 Å². The standard InChI is InChI=1S/C17H22N2S/c1-2-3-4-5-6-7-9-13-10-8-11-15-14(13)12-16(20-15)17(18)19/h7-12H,2-6H2,1H3,(H3,18,19)/b9-7+. The van der Waals surface area contributed by atoms with Crippen molar-refractivity contribution in [2.75, 3.05) is 0 Å². The molecule has 0 radical (unpaired) electrons. The lowest BCUT2D eigenvalue weighted by molar-refractivity contribution is 0.675. The lowest BCUT2D eigenvalue weighted by Gasteiger charge is -1.97. The van der Waals surface area contributed by atoms with Crippen molar-refractivity contribution in [2.24, 2.45) is 5.73 Å². The van der Waals surface area contributed by atoms with E-state index in [1.165, 1.54) is 41.3 Å². The number of fused-ring (bicyclic) bond motifs is 1. The fraction of sp³-hybridized carbons (Fsp3) is 0.353. The Morgan fingerprint density at radius 3 is 2.90 bits per heavy atom. The van der Waals surface area contributed by atoms with Crippen LogP contribution in [0.2, 0.25) is 0 Å². The Morgan fingerprint density at radius 2 is 2.15 bits per heavy atom. The van der Waals surface area contributed by atoms with Crippen LogP contribution in [0.5, 0.6) is 0 Å². The minimum Gasteiger partial charge on any atom is -0.383 e. The average molecular weight is 286 g/mol. The molecule has 0 aliphatic heterocycles. The smallest absolute Gasteiger partial charge is 0.133 e. The van der Waals surface area contributed by atoms with Crippen molar-refractivity contribution in [1.82, 2.24) is 0 Å². The van der Waals surface area contributed by atoms with Gasteiger partial charge in [-0.2, -0.15) is 0 Å². The third-order valence-corrected chi connectivity index (χ3v) is 4.52. The van der Waals surface area contributed by atoms with Crippen LogP contribution >= 0.6 is 11.3 Å². The number of unbranched alkanes of at least 4 members (excludes halogenated alkanes) is 4. The van der Waals surface area contributed by atoms with Gasteiger partial charge in [-0.25, -0.2) is 0 Å². The van der Waals surface area contributed by atoms with Crippen molar-refractivity contribution in [1.29, 1.82) is 5.41 Å². The van der Waals surface area contributed by atoms with Gasteiger partial charge in [0.2, 0.25) is 0 Å². The monoisotopic (exact) mass is 286 g/mol. The number of benzene rings is 1. The molecular formula is C17H22N2S. The molecule has 20 heavy (non-hydrogen) atoms. The van der Waals surface area contributed by atoms with Crippen LogP contribution in [0.15, 0.2) is 30.3 Å². The molecule has 0 amide bonds. The van der Waals surface area contributed by atoms with Crippen molar-refractivity contribution in [3.63, 3.8) is 0 Å². The molecular weight excluding hydrogens is 264 g/mol. The quantitative estimate of drug-likeness (QED) is 0.412. The van der Waals surface area contributed by atoms with Crippen molar-refractivity contribution in [3.8, 4) is 0 Å². The summed E-state index contributed by atoms with van der Waals surface area (Å²) in [6.07, 6.45) is 10.8. The summed E-state index contributed by atoms with van der Waals surface area (Å²) in [5.41, 5.74) is 6.80. The summed E-state index contributed by atoms with van der Waals surface area (Å²) in [7, 11) is 0. The predicted octanol–water partition coefficient (Wildman–Crippen LogP) is 5.17. The largest absolute Gasteiger partial charge is 0.383 e. The maximum Gasteiger partial charge on any atom is 0.133 e. The Bertz CT molecular complexity index is 610. The van der Waals surface area contributed by atoms with E-state index in [0.29, 0.717) is 0 Å². The molecule has 0 unspecified atom stereocenters. The van der Waals surface area contributed by atoms with Crippen molar-refractivity contribution < 1.29 is 0 Å². The van der Waals surface area contributed by atoms with Gasteiger partial charge >= 0.3 is 0 Å². The predicted molar refractivity (Wildman–Crippen MR) is 90.6 cm³/mol. The molecule has 0 aliphatic carbocycles. The van der Waals surface area contributed by atoms with Crippen LogP contribution in [-0.4, -0.2) is 5.84 Å². The first-order chi connectivity index (χ1) is 9.72. The zero-order valence-electron chi connectivity index (χ0n) is 12.0. The van der Waals surface area contributed by atoms with Gasteiger partial charge in [0.25, 0.3) is 0 Å². The van der Waals surface area contributed by atoms with Gasteiger partial charge in [-0.1, -0.05) is 50.5 Å². The van der Waals surface area contributed by atoms with Crippen molar-refractivity contribution >= 4 is 33.3 Å². The molecule has 0 fully saturated rings. The van der Waals surface area contributed by atoms with Gasteiger partial charge in [-0.15, -0.1) is 11.3 Å². The summed E-state index contributed by atoms with van der Waals surface area (Å²) in [6.45, 7) is 2.24. The fourth-order valence-electron chi connectivity index (χ4n) is 2.26. The molecule has 3 N–H and O–H groups in total. The minimum atomic E-state index is 0.153. The Kier molecular flexibility index (Phi) is 5.36. The summed E-state index contributed by atoms with van der Waals surface area (Å²) in [4.78, 5) is 0.851. The van der Waals surface area contributed by atoms with E-state index in [1.54, 1.807) is 11.3 Å². The van der Waals surface area contributed by atoms with E-state index in [1.807, 2.05) is 6.07 Å². The number of nitrogens with two attached hydrogens (primary N) is 1. The highest BCUT2D eigenvalue weighted by Gasteiger charge is 2.06. The molecule has 1 heterocycles. The van der Waals surface area contributed by atoms with Crippen LogP contribution in [0.25, 0.3) is 16.2 Å². The van der Waals surface area contributed by atoms with Gasteiger partial charge in [0.1, 0.15) is 5.84 Å². The van der Waals surface area contributed by atoms with Crippen molar-refractivity contribution in [2.45, 2.75) is 39.0 Å². The Balaban J connectivity index is 2.09. The van der Waals surface area contributed by atoms with Crippen LogP contribution in [0.3, 0.4) is 0 Å². The second-order valence-corrected chi connectivity index (χ2v) is 6.12. The zero-order valence-corrected chi connectivity index (χ0v) is 12.8. The molecule has 2 nitrogen and oxygen atoms in total. The Hall–Kier alpha value is -1.61. The number of rotatable bonds is 7. The van der Waals surface area contributed by atoms with Gasteiger partial charge < -0.3 is 5.73 Å². The highest BCUT2D eigenvalue weighted by atomic mass is 32.1. The van der Waals surface area contributed by atoms with E-state index in [2.05, 4.69) is 37.3 Å². The minimum absolute atomic E-state index is 0.153. The third-order valence-electron chi connectivity index (χ3n) is 3.38. The summed E-state index contributed by atoms with van der Waals surface area (Å²) in [6, 6.07) is 8.31. The van der Waals surface area contributed by atoms with Gasteiger partial charge in [0.05, 0.1) is 4.88 Å². The molecule has 1 aromatic carbocycles. The van der Waals surface area contributed by atoms with Gasteiger partial charge in [-0.3, -0.25) is 5.41 Å². The zero-order chi connectivity index (χ0) is 14.4. The van der Waals surface area contributed by atoms with Crippen molar-refractivity contribution in [3.05, 3.63) is 40.8 Å². The van der Waals surface area contributed by atoms with E-state index in [4.69, 9.17) is 11.1 Å². The molecule has 0 bridgehead atoms. The highest BCUT2D eigenvalue weighted by molar-refractivity contribution is 7.20. The van der Waals surface area contributed by atoms with Crippen LogP contribution in [0.4, 0.5) is 0 Å². The molecule has 2 aromatic rings. The summed E-state index contributed by atoms with van der Waals surface area (Å²) in [5, 5.41) is 8.74. The molecule has 0 atom stereocenters. The summed E-state index contributed by atoms with van der Waals surface area (Å²) >= 11 is 1.59. The first kappa shape index (κ1) is 14.8. The van der Waals surface area contributed by atoms with Crippen LogP contribution in [-0.2, 0) is 0 Å². The van der Waals surface area contributed by atoms with E-state index in [9.17, 15) is 0 Å². The highest BCUT2D eigenvalue weighted by Crippen LogP contribution is 2.29. The van der Waals surface area contributed by atoms with Crippen LogP contribution in [0.1, 0.15) is 49.5 Å². The number of nitrogens with one attached hydrogen (secondary N) is 1. The van der Waals surface area contributed by atoms with Gasteiger partial charge in [0.15, 0.2) is 0 Å². The lowest BCUT2D eigenvalue weighted by Crippen LogP contribution is -2.08. The maximum atomic E-state index is 7.54. The number of thiophene rings is 1. The third kappa shape index (κ3) is 3.70. The molecule has 1 aromatic heterocycles. The fourth-order valence-corrected chi connectivity index (χ4v) is 3.22. The summed E-state index contributed by atoms with van der Waals surface area (Å²) in [5.74, 6) is 0.153. The lowest BCUT2D eigenvalue weighted by atomic mass is 10.1. The molecule has 2 rings (SSSR count). The molecule has 3 heteroatoms. The van der Waals surface area contributed by atoms with E-state index >= 15 is 0 Å². The molecule has 0 spiro atoms. The average Bonchev–Trinajstić information content (AvgIpc) is 2.87. The normalized spacial score (nSPS) is 11.4. The van der Waals surface area contributed by atoms with Crippen LogP contribution < -0.4 is 5.73 Å². The molecule has 0 aliphatic rings. The number of amidine groups is 1. The maximum absolute atomic E-state index is 7.54. The second kappa shape index (κ2) is 7.25. The van der Waals surface area contributed by atoms with Gasteiger partial charge in [0, 0.05) is 10.1 Å². The Labute approximate surface area is 124 Å². The first-order valence-electron chi connectivity index (χ1n) is 7.26. The van der Waals surface area contributed by atoms with E-state index in [0.717, 1.165) is 11.3 Å². The summed E-state index contributed by atoms with van der Waals surface area (Å²) < 4.78 is 1.20. The first-order valence-corrected chi connectivity index (χ1v) is 8.07. The van der Waals surface area contributed by atoms with E-state index in [-0.39, 0.29) is 5.84 Å². The number of nitrogen functional groups attached to an aromatic ring is 1.